The van der Waals surface area contributed by atoms with Gasteiger partial charge in [-0.25, -0.2) is 0 Å². The van der Waals surface area contributed by atoms with Crippen molar-refractivity contribution in [3.8, 4) is 5.75 Å². The standard InChI is InChI=1S/C13H15N3O2S/c1-8(2)11-12(19-15-14-11)13(18)16(3)9-5-4-6-10(17)7-9/h4-8,17H,1-3H3. The molecule has 0 aliphatic rings. The highest BCUT2D eigenvalue weighted by Crippen LogP contribution is 2.25. The van der Waals surface area contributed by atoms with Gasteiger partial charge in [0.1, 0.15) is 10.6 Å². The molecule has 100 valence electrons. The SMILES string of the molecule is CC(C)c1nnsc1C(=O)N(C)c1cccc(O)c1. The number of hydrogen-bond acceptors (Lipinski definition) is 5. The van der Waals surface area contributed by atoms with Crippen molar-refractivity contribution >= 4 is 23.1 Å². The first-order chi connectivity index (χ1) is 9.00. The Morgan fingerprint density at radius 1 is 1.42 bits per heavy atom. The van der Waals surface area contributed by atoms with Crippen molar-refractivity contribution in [2.75, 3.05) is 11.9 Å². The number of aromatic hydroxyl groups is 1. The average Bonchev–Trinajstić information content (AvgIpc) is 2.86. The van der Waals surface area contributed by atoms with Crippen molar-refractivity contribution < 1.29 is 9.90 Å². The van der Waals surface area contributed by atoms with E-state index in [1.807, 2.05) is 13.8 Å². The van der Waals surface area contributed by atoms with E-state index in [0.717, 1.165) is 11.5 Å². The maximum absolute atomic E-state index is 12.4. The molecule has 0 aliphatic carbocycles. The van der Waals surface area contributed by atoms with Crippen LogP contribution >= 0.6 is 11.5 Å². The molecule has 1 aromatic heterocycles. The van der Waals surface area contributed by atoms with Gasteiger partial charge in [-0.05, 0) is 29.6 Å². The van der Waals surface area contributed by atoms with Crippen LogP contribution in [0.1, 0.15) is 35.1 Å². The smallest absolute Gasteiger partial charge is 0.271 e. The zero-order valence-corrected chi connectivity index (χ0v) is 11.8. The van der Waals surface area contributed by atoms with Crippen LogP contribution in [0.5, 0.6) is 5.75 Å². The molecule has 1 heterocycles. The van der Waals surface area contributed by atoms with Crippen LogP contribution in [0.3, 0.4) is 0 Å². The normalized spacial score (nSPS) is 10.7. The Morgan fingerprint density at radius 3 is 2.79 bits per heavy atom. The molecule has 0 fully saturated rings. The predicted octanol–water partition coefficient (Wildman–Crippen LogP) is 2.64. The third-order valence-electron chi connectivity index (χ3n) is 2.78. The van der Waals surface area contributed by atoms with E-state index < -0.39 is 0 Å². The number of carbonyl (C=O) groups is 1. The molecule has 1 N–H and O–H groups in total. The van der Waals surface area contributed by atoms with Crippen molar-refractivity contribution in [3.63, 3.8) is 0 Å². The van der Waals surface area contributed by atoms with Gasteiger partial charge < -0.3 is 10.0 Å². The summed E-state index contributed by atoms with van der Waals surface area (Å²) in [7, 11) is 1.67. The molecule has 0 spiro atoms. The Kier molecular flexibility index (Phi) is 3.80. The predicted molar refractivity (Wildman–Crippen MR) is 74.8 cm³/mol. The minimum Gasteiger partial charge on any atom is -0.508 e. The van der Waals surface area contributed by atoms with Gasteiger partial charge in [0.15, 0.2) is 0 Å². The van der Waals surface area contributed by atoms with E-state index in [0.29, 0.717) is 16.3 Å². The summed E-state index contributed by atoms with van der Waals surface area (Å²) in [6.45, 7) is 3.95. The number of nitrogens with zero attached hydrogens (tertiary/aromatic N) is 3. The highest BCUT2D eigenvalue weighted by Gasteiger charge is 2.22. The number of aromatic nitrogens is 2. The molecule has 0 saturated carbocycles. The lowest BCUT2D eigenvalue weighted by molar-refractivity contribution is 0.0995. The van der Waals surface area contributed by atoms with Crippen molar-refractivity contribution in [3.05, 3.63) is 34.8 Å². The van der Waals surface area contributed by atoms with Crippen LogP contribution in [0.15, 0.2) is 24.3 Å². The maximum atomic E-state index is 12.4. The third-order valence-corrected chi connectivity index (χ3v) is 3.51. The topological polar surface area (TPSA) is 66.3 Å². The minimum atomic E-state index is -0.163. The molecule has 1 aromatic carbocycles. The quantitative estimate of drug-likeness (QED) is 0.936. The molecule has 5 nitrogen and oxygen atoms in total. The van der Waals surface area contributed by atoms with Crippen molar-refractivity contribution in [1.82, 2.24) is 9.59 Å². The summed E-state index contributed by atoms with van der Waals surface area (Å²) in [5, 5.41) is 13.5. The summed E-state index contributed by atoms with van der Waals surface area (Å²) in [5.41, 5.74) is 1.34. The van der Waals surface area contributed by atoms with E-state index in [9.17, 15) is 9.90 Å². The summed E-state index contributed by atoms with van der Waals surface area (Å²) in [5.74, 6) is 0.114. The van der Waals surface area contributed by atoms with Gasteiger partial charge in [-0.15, -0.1) is 5.10 Å². The fourth-order valence-corrected chi connectivity index (χ4v) is 2.49. The summed E-state index contributed by atoms with van der Waals surface area (Å²) in [6.07, 6.45) is 0. The summed E-state index contributed by atoms with van der Waals surface area (Å²) >= 11 is 1.10. The number of carbonyl (C=O) groups excluding carboxylic acids is 1. The molecular weight excluding hydrogens is 262 g/mol. The molecule has 19 heavy (non-hydrogen) atoms. The number of anilines is 1. The molecule has 0 aliphatic heterocycles. The Balaban J connectivity index is 2.31. The largest absolute Gasteiger partial charge is 0.508 e. The Hall–Kier alpha value is -1.95. The van der Waals surface area contributed by atoms with E-state index in [1.165, 1.54) is 4.90 Å². The highest BCUT2D eigenvalue weighted by molar-refractivity contribution is 7.08. The van der Waals surface area contributed by atoms with Crippen LogP contribution in [-0.4, -0.2) is 27.6 Å². The van der Waals surface area contributed by atoms with Gasteiger partial charge in [-0.1, -0.05) is 24.4 Å². The second kappa shape index (κ2) is 5.36. The van der Waals surface area contributed by atoms with Gasteiger partial charge in [-0.3, -0.25) is 4.79 Å². The monoisotopic (exact) mass is 277 g/mol. The molecular formula is C13H15N3O2S. The lowest BCUT2D eigenvalue weighted by Crippen LogP contribution is -2.26. The number of phenols is 1. The Labute approximate surface area is 115 Å². The summed E-state index contributed by atoms with van der Waals surface area (Å²) in [6, 6.07) is 6.57. The lowest BCUT2D eigenvalue weighted by atomic mass is 10.1. The molecule has 2 rings (SSSR count). The fourth-order valence-electron chi connectivity index (χ4n) is 1.69. The first-order valence-electron chi connectivity index (χ1n) is 5.90. The Morgan fingerprint density at radius 2 is 2.16 bits per heavy atom. The lowest BCUT2D eigenvalue weighted by Gasteiger charge is -2.17. The molecule has 0 atom stereocenters. The van der Waals surface area contributed by atoms with Gasteiger partial charge >= 0.3 is 0 Å². The van der Waals surface area contributed by atoms with Gasteiger partial charge in [-0.2, -0.15) is 0 Å². The summed E-state index contributed by atoms with van der Waals surface area (Å²) in [4.78, 5) is 14.4. The van der Waals surface area contributed by atoms with Gasteiger partial charge in [0.2, 0.25) is 0 Å². The summed E-state index contributed by atoms with van der Waals surface area (Å²) < 4.78 is 3.85. The van der Waals surface area contributed by atoms with Crippen LogP contribution in [-0.2, 0) is 0 Å². The third kappa shape index (κ3) is 2.73. The molecule has 0 bridgehead atoms. The Bertz CT molecular complexity index is 595. The number of amides is 1. The van der Waals surface area contributed by atoms with Gasteiger partial charge in [0.05, 0.1) is 5.69 Å². The first kappa shape index (κ1) is 13.5. The van der Waals surface area contributed by atoms with Gasteiger partial charge in [0.25, 0.3) is 5.91 Å². The minimum absolute atomic E-state index is 0.128. The van der Waals surface area contributed by atoms with Crippen molar-refractivity contribution in [1.29, 1.82) is 0 Å². The molecule has 0 unspecified atom stereocenters. The van der Waals surface area contributed by atoms with Crippen LogP contribution in [0.2, 0.25) is 0 Å². The van der Waals surface area contributed by atoms with E-state index in [-0.39, 0.29) is 17.6 Å². The van der Waals surface area contributed by atoms with E-state index in [4.69, 9.17) is 0 Å². The molecule has 6 heteroatoms. The average molecular weight is 277 g/mol. The molecule has 2 aromatic rings. The van der Waals surface area contributed by atoms with E-state index >= 15 is 0 Å². The molecule has 0 saturated heterocycles. The van der Waals surface area contributed by atoms with Gasteiger partial charge in [0, 0.05) is 18.8 Å². The van der Waals surface area contributed by atoms with Crippen LogP contribution in [0, 0.1) is 0 Å². The number of hydrogen-bond donors (Lipinski definition) is 1. The first-order valence-corrected chi connectivity index (χ1v) is 6.67. The van der Waals surface area contributed by atoms with E-state index in [2.05, 4.69) is 9.59 Å². The van der Waals surface area contributed by atoms with Crippen molar-refractivity contribution in [2.45, 2.75) is 19.8 Å². The number of phenolic OH excluding ortho intramolecular Hbond substituents is 1. The molecule has 0 radical (unpaired) electrons. The highest BCUT2D eigenvalue weighted by atomic mass is 32.1. The number of rotatable bonds is 3. The zero-order valence-electron chi connectivity index (χ0n) is 11.0. The molecule has 1 amide bonds. The van der Waals surface area contributed by atoms with E-state index in [1.54, 1.807) is 31.3 Å². The van der Waals surface area contributed by atoms with Crippen LogP contribution in [0.25, 0.3) is 0 Å². The second-order valence-corrected chi connectivity index (χ2v) is 5.28. The van der Waals surface area contributed by atoms with Crippen molar-refractivity contribution in [2.24, 2.45) is 0 Å². The van der Waals surface area contributed by atoms with Crippen LogP contribution < -0.4 is 4.90 Å². The fraction of sp³-hybridized carbons (Fsp3) is 0.308. The van der Waals surface area contributed by atoms with Crippen LogP contribution in [0.4, 0.5) is 5.69 Å². The number of benzene rings is 1. The zero-order chi connectivity index (χ0) is 14.0. The maximum Gasteiger partial charge on any atom is 0.271 e. The second-order valence-electron chi connectivity index (χ2n) is 4.53.